The molecule has 0 atom stereocenters. The standard InChI is InChI=1S/C17H17Cl2N3O4S/c18-13-5-6-15(19)21-16(13)17(23)20-11-12-3-1-2-4-14(12)27(24,25)22-7-9-26-10-8-22/h1-6H,7-11H2,(H,20,23). The third-order valence-corrected chi connectivity index (χ3v) is 6.54. The molecule has 3 rings (SSSR count). The summed E-state index contributed by atoms with van der Waals surface area (Å²) < 4.78 is 32.5. The molecule has 7 nitrogen and oxygen atoms in total. The number of pyridine rings is 1. The molecule has 1 amide bonds. The summed E-state index contributed by atoms with van der Waals surface area (Å²) >= 11 is 11.8. The van der Waals surface area contributed by atoms with Gasteiger partial charge in [0, 0.05) is 19.6 Å². The lowest BCUT2D eigenvalue weighted by atomic mass is 10.2. The largest absolute Gasteiger partial charge is 0.379 e. The van der Waals surface area contributed by atoms with Crippen LogP contribution in [0.25, 0.3) is 0 Å². The lowest BCUT2D eigenvalue weighted by Crippen LogP contribution is -2.41. The van der Waals surface area contributed by atoms with Crippen molar-refractivity contribution in [2.45, 2.75) is 11.4 Å². The summed E-state index contributed by atoms with van der Waals surface area (Å²) in [5, 5.41) is 2.94. The van der Waals surface area contributed by atoms with Crippen LogP contribution in [-0.4, -0.2) is 49.9 Å². The van der Waals surface area contributed by atoms with E-state index in [2.05, 4.69) is 10.3 Å². The minimum absolute atomic E-state index is 0.00307. The number of nitrogens with zero attached hydrogens (tertiary/aromatic N) is 2. The zero-order chi connectivity index (χ0) is 19.4. The second kappa shape index (κ2) is 8.53. The van der Waals surface area contributed by atoms with E-state index < -0.39 is 15.9 Å². The lowest BCUT2D eigenvalue weighted by molar-refractivity contribution is 0.0730. The predicted octanol–water partition coefficient (Wildman–Crippen LogP) is 2.34. The van der Waals surface area contributed by atoms with Gasteiger partial charge in [-0.3, -0.25) is 4.79 Å². The molecule has 2 heterocycles. The van der Waals surface area contributed by atoms with Crippen LogP contribution in [-0.2, 0) is 21.3 Å². The average molecular weight is 430 g/mol. The Labute approximate surface area is 167 Å². The van der Waals surface area contributed by atoms with E-state index in [0.29, 0.717) is 31.9 Å². The second-order valence-electron chi connectivity index (χ2n) is 5.77. The first-order valence-electron chi connectivity index (χ1n) is 8.15. The van der Waals surface area contributed by atoms with E-state index in [4.69, 9.17) is 27.9 Å². The van der Waals surface area contributed by atoms with Crippen molar-refractivity contribution >= 4 is 39.1 Å². The highest BCUT2D eigenvalue weighted by molar-refractivity contribution is 7.89. The van der Waals surface area contributed by atoms with Crippen LogP contribution in [0.1, 0.15) is 16.1 Å². The fraction of sp³-hybridized carbons (Fsp3) is 0.294. The molecule has 1 aliphatic heterocycles. The molecule has 0 unspecified atom stereocenters. The Morgan fingerprint density at radius 3 is 2.59 bits per heavy atom. The van der Waals surface area contributed by atoms with Gasteiger partial charge < -0.3 is 10.1 Å². The fourth-order valence-corrected chi connectivity index (χ4v) is 4.63. The minimum Gasteiger partial charge on any atom is -0.379 e. The van der Waals surface area contributed by atoms with E-state index in [1.807, 2.05) is 0 Å². The highest BCUT2D eigenvalue weighted by Gasteiger charge is 2.28. The zero-order valence-electron chi connectivity index (χ0n) is 14.2. The van der Waals surface area contributed by atoms with Crippen LogP contribution in [0, 0.1) is 0 Å². The van der Waals surface area contributed by atoms with E-state index in [-0.39, 0.29) is 27.3 Å². The molecule has 0 saturated carbocycles. The summed E-state index contributed by atoms with van der Waals surface area (Å²) in [6, 6.07) is 9.49. The minimum atomic E-state index is -3.68. The fourth-order valence-electron chi connectivity index (χ4n) is 2.66. The van der Waals surface area contributed by atoms with Crippen LogP contribution < -0.4 is 5.32 Å². The Bertz CT molecular complexity index is 947. The van der Waals surface area contributed by atoms with Gasteiger partial charge in [-0.2, -0.15) is 4.31 Å². The molecule has 0 radical (unpaired) electrons. The molecule has 1 aromatic carbocycles. The van der Waals surface area contributed by atoms with Gasteiger partial charge in [-0.25, -0.2) is 13.4 Å². The number of carbonyl (C=O) groups is 1. The molecule has 10 heteroatoms. The monoisotopic (exact) mass is 429 g/mol. The molecule has 0 aliphatic carbocycles. The Morgan fingerprint density at radius 1 is 1.15 bits per heavy atom. The first-order valence-corrected chi connectivity index (χ1v) is 10.4. The van der Waals surface area contributed by atoms with Gasteiger partial charge in [-0.15, -0.1) is 0 Å². The number of hydrogen-bond acceptors (Lipinski definition) is 5. The van der Waals surface area contributed by atoms with Crippen LogP contribution >= 0.6 is 23.2 Å². The van der Waals surface area contributed by atoms with Crippen molar-refractivity contribution in [3.63, 3.8) is 0 Å². The van der Waals surface area contributed by atoms with Crippen molar-refractivity contribution < 1.29 is 17.9 Å². The van der Waals surface area contributed by atoms with Crippen molar-refractivity contribution in [2.75, 3.05) is 26.3 Å². The van der Waals surface area contributed by atoms with Gasteiger partial charge in [0.2, 0.25) is 10.0 Å². The Morgan fingerprint density at radius 2 is 1.85 bits per heavy atom. The van der Waals surface area contributed by atoms with Gasteiger partial charge in [0.1, 0.15) is 10.8 Å². The van der Waals surface area contributed by atoms with Crippen LogP contribution in [0.3, 0.4) is 0 Å². The molecule has 1 aliphatic rings. The van der Waals surface area contributed by atoms with Crippen molar-refractivity contribution in [1.82, 2.24) is 14.6 Å². The van der Waals surface area contributed by atoms with Crippen molar-refractivity contribution in [3.05, 3.63) is 57.8 Å². The summed E-state index contributed by atoms with van der Waals surface area (Å²) in [5.74, 6) is -0.541. The Hall–Kier alpha value is -1.71. The second-order valence-corrected chi connectivity index (χ2v) is 8.47. The predicted molar refractivity (Wildman–Crippen MR) is 101 cm³/mol. The van der Waals surface area contributed by atoms with Gasteiger partial charge >= 0.3 is 0 Å². The lowest BCUT2D eigenvalue weighted by Gasteiger charge is -2.27. The van der Waals surface area contributed by atoms with Crippen LogP contribution in [0.4, 0.5) is 0 Å². The normalized spacial score (nSPS) is 15.5. The summed E-state index contributed by atoms with van der Waals surface area (Å²) in [6.07, 6.45) is 0. The molecular formula is C17H17Cl2N3O4S. The average Bonchev–Trinajstić information content (AvgIpc) is 2.69. The number of amides is 1. The number of hydrogen-bond donors (Lipinski definition) is 1. The number of rotatable bonds is 5. The zero-order valence-corrected chi connectivity index (χ0v) is 16.5. The van der Waals surface area contributed by atoms with E-state index in [9.17, 15) is 13.2 Å². The number of carbonyl (C=O) groups excluding carboxylic acids is 1. The molecule has 1 saturated heterocycles. The summed E-state index contributed by atoms with van der Waals surface area (Å²) in [6.45, 7) is 1.31. The van der Waals surface area contributed by atoms with E-state index in [0.717, 1.165) is 0 Å². The maximum Gasteiger partial charge on any atom is 0.271 e. The molecule has 1 aromatic heterocycles. The summed E-state index contributed by atoms with van der Waals surface area (Å²) in [5.41, 5.74) is 0.452. The number of halogens is 2. The molecule has 1 N–H and O–H groups in total. The van der Waals surface area contributed by atoms with Crippen LogP contribution in [0.15, 0.2) is 41.3 Å². The van der Waals surface area contributed by atoms with Gasteiger partial charge in [-0.05, 0) is 23.8 Å². The first-order chi connectivity index (χ1) is 12.9. The first kappa shape index (κ1) is 20.0. The number of morpholine rings is 1. The Balaban J connectivity index is 1.80. The number of aromatic nitrogens is 1. The Kier molecular flexibility index (Phi) is 6.33. The summed E-state index contributed by atoms with van der Waals surface area (Å²) in [4.78, 5) is 16.4. The molecule has 27 heavy (non-hydrogen) atoms. The van der Waals surface area contributed by atoms with Crippen molar-refractivity contribution in [2.24, 2.45) is 0 Å². The maximum absolute atomic E-state index is 12.9. The number of nitrogens with one attached hydrogen (secondary N) is 1. The maximum atomic E-state index is 12.9. The molecule has 0 bridgehead atoms. The molecule has 1 fully saturated rings. The van der Waals surface area contributed by atoms with Gasteiger partial charge in [0.05, 0.1) is 23.1 Å². The number of ether oxygens (including phenoxy) is 1. The van der Waals surface area contributed by atoms with E-state index in [1.54, 1.807) is 18.2 Å². The third kappa shape index (κ3) is 4.59. The molecule has 2 aromatic rings. The molecule has 0 spiro atoms. The third-order valence-electron chi connectivity index (χ3n) is 4.03. The van der Waals surface area contributed by atoms with Gasteiger partial charge in [0.15, 0.2) is 0 Å². The smallest absolute Gasteiger partial charge is 0.271 e. The van der Waals surface area contributed by atoms with Crippen molar-refractivity contribution in [1.29, 1.82) is 0 Å². The summed E-state index contributed by atoms with van der Waals surface area (Å²) in [7, 11) is -3.68. The van der Waals surface area contributed by atoms with E-state index in [1.165, 1.54) is 22.5 Å². The molecular weight excluding hydrogens is 413 g/mol. The number of sulfonamides is 1. The molecule has 144 valence electrons. The quantitative estimate of drug-likeness (QED) is 0.736. The van der Waals surface area contributed by atoms with Crippen LogP contribution in [0.5, 0.6) is 0 Å². The SMILES string of the molecule is O=C(NCc1ccccc1S(=O)(=O)N1CCOCC1)c1nc(Cl)ccc1Cl. The number of benzene rings is 1. The van der Waals surface area contributed by atoms with Crippen molar-refractivity contribution in [3.8, 4) is 0 Å². The topological polar surface area (TPSA) is 88.6 Å². The van der Waals surface area contributed by atoms with Gasteiger partial charge in [0.25, 0.3) is 5.91 Å². The highest BCUT2D eigenvalue weighted by Crippen LogP contribution is 2.22. The van der Waals surface area contributed by atoms with Gasteiger partial charge in [-0.1, -0.05) is 41.4 Å². The van der Waals surface area contributed by atoms with Crippen LogP contribution in [0.2, 0.25) is 10.2 Å². The highest BCUT2D eigenvalue weighted by atomic mass is 35.5. The van der Waals surface area contributed by atoms with E-state index >= 15 is 0 Å².